The van der Waals surface area contributed by atoms with Crippen LogP contribution < -0.4 is 5.32 Å². The number of aliphatic hydroxyl groups excluding tert-OH is 1. The minimum Gasteiger partial charge on any atom is -0.478 e. The molecular weight excluding hydrogens is 254 g/mol. The minimum atomic E-state index is -1.03. The number of benzene rings is 1. The maximum atomic E-state index is 10.8. The summed E-state index contributed by atoms with van der Waals surface area (Å²) >= 11 is 5.88. The van der Waals surface area contributed by atoms with Crippen LogP contribution in [0.1, 0.15) is 29.6 Å². The zero-order valence-electron chi connectivity index (χ0n) is 9.90. The van der Waals surface area contributed by atoms with Gasteiger partial charge in [0.05, 0.1) is 16.7 Å². The predicted octanol–water partition coefficient (Wildman–Crippen LogP) is 2.61. The molecule has 2 atom stereocenters. The highest BCUT2D eigenvalue weighted by atomic mass is 35.5. The van der Waals surface area contributed by atoms with Crippen LogP contribution in [0.25, 0.3) is 0 Å². The summed E-state index contributed by atoms with van der Waals surface area (Å²) in [6.07, 6.45) is 2.72. The largest absolute Gasteiger partial charge is 0.478 e. The molecular formula is C13H16ClNO3. The van der Waals surface area contributed by atoms with Gasteiger partial charge in [0, 0.05) is 18.2 Å². The zero-order valence-corrected chi connectivity index (χ0v) is 10.7. The van der Waals surface area contributed by atoms with E-state index in [2.05, 4.69) is 5.32 Å². The van der Waals surface area contributed by atoms with Crippen molar-refractivity contribution in [3.63, 3.8) is 0 Å². The van der Waals surface area contributed by atoms with Crippen LogP contribution in [0.3, 0.4) is 0 Å². The molecule has 4 nitrogen and oxygen atoms in total. The highest BCUT2D eigenvalue weighted by Gasteiger charge is 2.24. The standard InChI is InChI=1S/C13H16ClNO3/c14-11-6-9(4-5-10(11)13(17)18)15-7-8-2-1-3-12(8)16/h4-6,8,12,15-16H,1-3,7H2,(H,17,18). The van der Waals surface area contributed by atoms with E-state index in [1.165, 1.54) is 6.07 Å². The molecule has 0 amide bonds. The summed E-state index contributed by atoms with van der Waals surface area (Å²) < 4.78 is 0. The molecule has 1 saturated carbocycles. The van der Waals surface area contributed by atoms with Crippen molar-refractivity contribution in [2.45, 2.75) is 25.4 Å². The van der Waals surface area contributed by atoms with E-state index in [1.54, 1.807) is 12.1 Å². The summed E-state index contributed by atoms with van der Waals surface area (Å²) in [4.78, 5) is 10.8. The van der Waals surface area contributed by atoms with Crippen LogP contribution in [0.5, 0.6) is 0 Å². The zero-order chi connectivity index (χ0) is 13.1. The van der Waals surface area contributed by atoms with E-state index in [0.29, 0.717) is 6.54 Å². The van der Waals surface area contributed by atoms with Crippen molar-refractivity contribution >= 4 is 23.3 Å². The lowest BCUT2D eigenvalue weighted by molar-refractivity contribution is 0.0697. The minimum absolute atomic E-state index is 0.100. The molecule has 18 heavy (non-hydrogen) atoms. The van der Waals surface area contributed by atoms with Crippen molar-refractivity contribution in [3.8, 4) is 0 Å². The highest BCUT2D eigenvalue weighted by molar-refractivity contribution is 6.33. The topological polar surface area (TPSA) is 69.6 Å². The molecule has 2 rings (SSSR count). The summed E-state index contributed by atoms with van der Waals surface area (Å²) in [5.41, 5.74) is 0.882. The van der Waals surface area contributed by atoms with Crippen LogP contribution in [-0.4, -0.2) is 28.8 Å². The number of rotatable bonds is 4. The Morgan fingerprint density at radius 3 is 2.78 bits per heavy atom. The van der Waals surface area contributed by atoms with E-state index in [-0.39, 0.29) is 22.6 Å². The first-order valence-electron chi connectivity index (χ1n) is 6.02. The molecule has 1 aliphatic rings. The Balaban J connectivity index is 1.98. The maximum Gasteiger partial charge on any atom is 0.337 e. The third kappa shape index (κ3) is 2.94. The first-order chi connectivity index (χ1) is 8.58. The van der Waals surface area contributed by atoms with Gasteiger partial charge in [-0.25, -0.2) is 4.79 Å². The Hall–Kier alpha value is -1.26. The lowest BCUT2D eigenvalue weighted by Gasteiger charge is -2.16. The molecule has 0 bridgehead atoms. The van der Waals surface area contributed by atoms with E-state index in [0.717, 1.165) is 24.9 Å². The van der Waals surface area contributed by atoms with E-state index >= 15 is 0 Å². The summed E-state index contributed by atoms with van der Waals surface area (Å²) in [5.74, 6) is -0.763. The Labute approximate surface area is 111 Å². The molecule has 1 aromatic rings. The van der Waals surface area contributed by atoms with Crippen LogP contribution in [0.4, 0.5) is 5.69 Å². The number of hydrogen-bond donors (Lipinski definition) is 3. The third-order valence-electron chi connectivity index (χ3n) is 3.39. The van der Waals surface area contributed by atoms with E-state index in [1.807, 2.05) is 0 Å². The molecule has 3 N–H and O–H groups in total. The first-order valence-corrected chi connectivity index (χ1v) is 6.40. The van der Waals surface area contributed by atoms with E-state index in [9.17, 15) is 9.90 Å². The van der Waals surface area contributed by atoms with Crippen molar-refractivity contribution in [2.75, 3.05) is 11.9 Å². The Kier molecular flexibility index (Phi) is 4.09. The number of aliphatic hydroxyl groups is 1. The highest BCUT2D eigenvalue weighted by Crippen LogP contribution is 2.27. The number of hydrogen-bond acceptors (Lipinski definition) is 3. The fraction of sp³-hybridized carbons (Fsp3) is 0.462. The van der Waals surface area contributed by atoms with Gasteiger partial charge in [-0.3, -0.25) is 0 Å². The molecule has 1 fully saturated rings. The fourth-order valence-electron chi connectivity index (χ4n) is 2.30. The summed E-state index contributed by atoms with van der Waals surface area (Å²) in [7, 11) is 0. The second kappa shape index (κ2) is 5.59. The van der Waals surface area contributed by atoms with Gasteiger partial charge in [-0.05, 0) is 31.0 Å². The van der Waals surface area contributed by atoms with Gasteiger partial charge in [0.1, 0.15) is 0 Å². The average Bonchev–Trinajstić information content (AvgIpc) is 2.72. The van der Waals surface area contributed by atoms with Gasteiger partial charge in [0.2, 0.25) is 0 Å². The van der Waals surface area contributed by atoms with Crippen molar-refractivity contribution in [1.82, 2.24) is 0 Å². The number of halogens is 1. The SMILES string of the molecule is O=C(O)c1ccc(NCC2CCCC2O)cc1Cl. The maximum absolute atomic E-state index is 10.8. The number of carboxylic acids is 1. The van der Waals surface area contributed by atoms with Crippen LogP contribution in [0, 0.1) is 5.92 Å². The molecule has 0 radical (unpaired) electrons. The van der Waals surface area contributed by atoms with E-state index < -0.39 is 5.97 Å². The molecule has 1 aromatic carbocycles. The Morgan fingerprint density at radius 2 is 2.22 bits per heavy atom. The van der Waals surface area contributed by atoms with Crippen LogP contribution in [0.15, 0.2) is 18.2 Å². The Bertz CT molecular complexity index is 450. The van der Waals surface area contributed by atoms with Crippen LogP contribution in [0.2, 0.25) is 5.02 Å². The van der Waals surface area contributed by atoms with Gasteiger partial charge in [0.15, 0.2) is 0 Å². The number of nitrogens with one attached hydrogen (secondary N) is 1. The number of anilines is 1. The molecule has 0 saturated heterocycles. The normalized spacial score (nSPS) is 23.0. The van der Waals surface area contributed by atoms with Gasteiger partial charge in [-0.15, -0.1) is 0 Å². The van der Waals surface area contributed by atoms with Crippen LogP contribution >= 0.6 is 11.6 Å². The van der Waals surface area contributed by atoms with Crippen LogP contribution in [-0.2, 0) is 0 Å². The van der Waals surface area contributed by atoms with Crippen molar-refractivity contribution in [2.24, 2.45) is 5.92 Å². The van der Waals surface area contributed by atoms with E-state index in [4.69, 9.17) is 16.7 Å². The summed E-state index contributed by atoms with van der Waals surface area (Å²) in [5, 5.41) is 22.0. The fourth-order valence-corrected chi connectivity index (χ4v) is 2.56. The second-order valence-corrected chi connectivity index (χ2v) is 5.05. The first kappa shape index (κ1) is 13.2. The van der Waals surface area contributed by atoms with Gasteiger partial charge in [-0.2, -0.15) is 0 Å². The molecule has 0 heterocycles. The van der Waals surface area contributed by atoms with Gasteiger partial charge in [0.25, 0.3) is 0 Å². The monoisotopic (exact) mass is 269 g/mol. The van der Waals surface area contributed by atoms with Crippen molar-refractivity contribution in [1.29, 1.82) is 0 Å². The van der Waals surface area contributed by atoms with Crippen molar-refractivity contribution < 1.29 is 15.0 Å². The third-order valence-corrected chi connectivity index (χ3v) is 3.70. The lowest BCUT2D eigenvalue weighted by atomic mass is 10.1. The smallest absolute Gasteiger partial charge is 0.337 e. The molecule has 98 valence electrons. The number of aromatic carboxylic acids is 1. The molecule has 0 aliphatic heterocycles. The van der Waals surface area contributed by atoms with Crippen molar-refractivity contribution in [3.05, 3.63) is 28.8 Å². The number of carbonyl (C=O) groups is 1. The summed E-state index contributed by atoms with van der Waals surface area (Å²) in [6, 6.07) is 4.78. The quantitative estimate of drug-likeness (QED) is 0.786. The molecule has 0 spiro atoms. The average molecular weight is 270 g/mol. The summed E-state index contributed by atoms with van der Waals surface area (Å²) in [6.45, 7) is 0.684. The molecule has 5 heteroatoms. The van der Waals surface area contributed by atoms with Gasteiger partial charge in [-0.1, -0.05) is 18.0 Å². The Morgan fingerprint density at radius 1 is 1.44 bits per heavy atom. The van der Waals surface area contributed by atoms with Gasteiger partial charge < -0.3 is 15.5 Å². The number of carboxylic acid groups (broad SMARTS) is 1. The predicted molar refractivity (Wildman–Crippen MR) is 70.2 cm³/mol. The van der Waals surface area contributed by atoms with Gasteiger partial charge >= 0.3 is 5.97 Å². The molecule has 2 unspecified atom stereocenters. The second-order valence-electron chi connectivity index (χ2n) is 4.64. The molecule has 1 aliphatic carbocycles. The molecule has 0 aromatic heterocycles. The lowest BCUT2D eigenvalue weighted by Crippen LogP contribution is -2.21.